The molecule has 3 rings (SSSR count). The van der Waals surface area contributed by atoms with E-state index >= 15 is 0 Å². The summed E-state index contributed by atoms with van der Waals surface area (Å²) in [4.78, 5) is 7.00. The van der Waals surface area contributed by atoms with Crippen molar-refractivity contribution >= 4 is 38.4 Å². The molecule has 0 amide bonds. The van der Waals surface area contributed by atoms with Crippen molar-refractivity contribution in [3.8, 4) is 0 Å². The second kappa shape index (κ2) is 7.25. The highest BCUT2D eigenvalue weighted by Gasteiger charge is 2.20. The van der Waals surface area contributed by atoms with Crippen LogP contribution in [0.5, 0.6) is 0 Å². The van der Waals surface area contributed by atoms with Crippen molar-refractivity contribution in [1.29, 1.82) is 0 Å². The van der Waals surface area contributed by atoms with Crippen LogP contribution in [0.3, 0.4) is 0 Å². The van der Waals surface area contributed by atoms with Gasteiger partial charge in [0.25, 0.3) is 10.1 Å². The van der Waals surface area contributed by atoms with Crippen molar-refractivity contribution in [2.75, 3.05) is 30.9 Å². The standard InChI is InChI=1S/C17H21ClN2O3S/c1-24(21,22)23-11-8-13-6-9-20(10-7-13)17-5-2-14-12-15(18)3-4-16(14)19-17/h2-5,12-13H,6-11H2,1H3. The lowest BCUT2D eigenvalue weighted by Crippen LogP contribution is -2.34. The maximum Gasteiger partial charge on any atom is 0.264 e. The van der Waals surface area contributed by atoms with Crippen molar-refractivity contribution in [3.05, 3.63) is 35.4 Å². The van der Waals surface area contributed by atoms with Crippen molar-refractivity contribution in [2.24, 2.45) is 5.92 Å². The van der Waals surface area contributed by atoms with Crippen LogP contribution in [-0.4, -0.2) is 39.4 Å². The van der Waals surface area contributed by atoms with Gasteiger partial charge in [-0.05, 0) is 55.5 Å². The molecule has 2 aromatic rings. The van der Waals surface area contributed by atoms with Crippen LogP contribution in [0.2, 0.25) is 5.02 Å². The fourth-order valence-electron chi connectivity index (χ4n) is 3.08. The van der Waals surface area contributed by atoms with E-state index in [-0.39, 0.29) is 6.61 Å². The van der Waals surface area contributed by atoms with Gasteiger partial charge < -0.3 is 4.90 Å². The molecular formula is C17H21ClN2O3S. The van der Waals surface area contributed by atoms with Crippen LogP contribution >= 0.6 is 11.6 Å². The molecular weight excluding hydrogens is 348 g/mol. The number of anilines is 1. The van der Waals surface area contributed by atoms with E-state index in [1.165, 1.54) is 0 Å². The zero-order chi connectivity index (χ0) is 17.2. The third-order valence-corrected chi connectivity index (χ3v) is 5.23. The lowest BCUT2D eigenvalue weighted by atomic mass is 9.94. The minimum Gasteiger partial charge on any atom is -0.357 e. The smallest absolute Gasteiger partial charge is 0.264 e. The van der Waals surface area contributed by atoms with E-state index in [0.29, 0.717) is 10.9 Å². The Kier molecular flexibility index (Phi) is 5.27. The number of hydrogen-bond acceptors (Lipinski definition) is 5. The van der Waals surface area contributed by atoms with E-state index in [2.05, 4.69) is 11.0 Å². The molecule has 0 atom stereocenters. The fourth-order valence-corrected chi connectivity index (χ4v) is 3.66. The van der Waals surface area contributed by atoms with Gasteiger partial charge in [0.15, 0.2) is 0 Å². The molecule has 130 valence electrons. The van der Waals surface area contributed by atoms with Crippen molar-refractivity contribution < 1.29 is 12.6 Å². The Bertz CT molecular complexity index is 818. The van der Waals surface area contributed by atoms with Crippen LogP contribution in [0.1, 0.15) is 19.3 Å². The molecule has 2 heterocycles. The lowest BCUT2D eigenvalue weighted by Gasteiger charge is -2.32. The Labute approximate surface area is 147 Å². The number of fused-ring (bicyclic) bond motifs is 1. The maximum absolute atomic E-state index is 11.0. The molecule has 1 saturated heterocycles. The van der Waals surface area contributed by atoms with E-state index in [1.807, 2.05) is 24.3 Å². The predicted molar refractivity (Wildman–Crippen MR) is 97.1 cm³/mol. The summed E-state index contributed by atoms with van der Waals surface area (Å²) < 4.78 is 26.8. The molecule has 0 unspecified atom stereocenters. The molecule has 0 bridgehead atoms. The van der Waals surface area contributed by atoms with Gasteiger partial charge in [-0.1, -0.05) is 11.6 Å². The Morgan fingerprint density at radius 2 is 2.00 bits per heavy atom. The van der Waals surface area contributed by atoms with Crippen LogP contribution in [0, 0.1) is 5.92 Å². The molecule has 1 aromatic heterocycles. The van der Waals surface area contributed by atoms with Gasteiger partial charge in [-0.25, -0.2) is 4.98 Å². The van der Waals surface area contributed by atoms with Gasteiger partial charge in [-0.15, -0.1) is 0 Å². The molecule has 0 saturated carbocycles. The summed E-state index contributed by atoms with van der Waals surface area (Å²) in [5.41, 5.74) is 0.945. The monoisotopic (exact) mass is 368 g/mol. The zero-order valence-electron chi connectivity index (χ0n) is 13.6. The third-order valence-electron chi connectivity index (χ3n) is 4.40. The van der Waals surface area contributed by atoms with E-state index in [0.717, 1.165) is 55.3 Å². The van der Waals surface area contributed by atoms with E-state index in [1.54, 1.807) is 0 Å². The number of piperidine rings is 1. The van der Waals surface area contributed by atoms with Crippen LogP contribution in [-0.2, 0) is 14.3 Å². The zero-order valence-corrected chi connectivity index (χ0v) is 15.2. The molecule has 0 aliphatic carbocycles. The summed E-state index contributed by atoms with van der Waals surface area (Å²) in [6.45, 7) is 2.13. The number of benzene rings is 1. The van der Waals surface area contributed by atoms with Crippen LogP contribution in [0.4, 0.5) is 5.82 Å². The van der Waals surface area contributed by atoms with Gasteiger partial charge in [0.2, 0.25) is 0 Å². The molecule has 0 spiro atoms. The number of hydrogen-bond donors (Lipinski definition) is 0. The lowest BCUT2D eigenvalue weighted by molar-refractivity contribution is 0.264. The van der Waals surface area contributed by atoms with Crippen molar-refractivity contribution in [3.63, 3.8) is 0 Å². The first kappa shape index (κ1) is 17.5. The average molecular weight is 369 g/mol. The van der Waals surface area contributed by atoms with Crippen molar-refractivity contribution in [2.45, 2.75) is 19.3 Å². The number of halogens is 1. The highest BCUT2D eigenvalue weighted by molar-refractivity contribution is 7.85. The van der Waals surface area contributed by atoms with Crippen LogP contribution < -0.4 is 4.90 Å². The summed E-state index contributed by atoms with van der Waals surface area (Å²) in [5, 5.41) is 1.76. The Balaban J connectivity index is 1.57. The summed E-state index contributed by atoms with van der Waals surface area (Å²) in [6.07, 6.45) is 3.92. The van der Waals surface area contributed by atoms with Gasteiger partial charge in [0.05, 0.1) is 18.4 Å². The summed E-state index contributed by atoms with van der Waals surface area (Å²) in [5.74, 6) is 1.48. The van der Waals surface area contributed by atoms with E-state index in [9.17, 15) is 8.42 Å². The summed E-state index contributed by atoms with van der Waals surface area (Å²) >= 11 is 6.01. The SMILES string of the molecule is CS(=O)(=O)OCCC1CCN(c2ccc3cc(Cl)ccc3n2)CC1. The molecule has 0 radical (unpaired) electrons. The Morgan fingerprint density at radius 3 is 2.71 bits per heavy atom. The number of rotatable bonds is 5. The average Bonchev–Trinajstić information content (AvgIpc) is 2.54. The molecule has 5 nitrogen and oxygen atoms in total. The third kappa shape index (κ3) is 4.59. The first-order valence-corrected chi connectivity index (χ1v) is 10.3. The maximum atomic E-state index is 11.0. The minimum absolute atomic E-state index is 0.276. The topological polar surface area (TPSA) is 59.5 Å². The molecule has 1 aromatic carbocycles. The first-order chi connectivity index (χ1) is 11.4. The summed E-state index contributed by atoms with van der Waals surface area (Å²) in [7, 11) is -3.33. The van der Waals surface area contributed by atoms with E-state index < -0.39 is 10.1 Å². The van der Waals surface area contributed by atoms with E-state index in [4.69, 9.17) is 20.8 Å². The highest BCUT2D eigenvalue weighted by Crippen LogP contribution is 2.26. The van der Waals surface area contributed by atoms with Gasteiger partial charge in [0.1, 0.15) is 5.82 Å². The second-order valence-electron chi connectivity index (χ2n) is 6.25. The summed E-state index contributed by atoms with van der Waals surface area (Å²) in [6, 6.07) is 9.80. The first-order valence-electron chi connectivity index (χ1n) is 8.06. The normalized spacial score (nSPS) is 16.7. The molecule has 1 fully saturated rings. The molecule has 7 heteroatoms. The number of nitrogens with zero attached hydrogens (tertiary/aromatic N) is 2. The van der Waals surface area contributed by atoms with Gasteiger partial charge in [-0.2, -0.15) is 8.42 Å². The largest absolute Gasteiger partial charge is 0.357 e. The number of pyridine rings is 1. The second-order valence-corrected chi connectivity index (χ2v) is 8.33. The highest BCUT2D eigenvalue weighted by atomic mass is 35.5. The molecule has 24 heavy (non-hydrogen) atoms. The van der Waals surface area contributed by atoms with Crippen LogP contribution in [0.25, 0.3) is 10.9 Å². The number of aromatic nitrogens is 1. The molecule has 1 aliphatic heterocycles. The Hall–Kier alpha value is -1.37. The Morgan fingerprint density at radius 1 is 1.25 bits per heavy atom. The van der Waals surface area contributed by atoms with Gasteiger partial charge >= 0.3 is 0 Å². The van der Waals surface area contributed by atoms with Gasteiger partial charge in [0, 0.05) is 23.5 Å². The predicted octanol–water partition coefficient (Wildman–Crippen LogP) is 3.47. The molecule has 0 N–H and O–H groups in total. The van der Waals surface area contributed by atoms with Crippen molar-refractivity contribution in [1.82, 2.24) is 4.98 Å². The fraction of sp³-hybridized carbons (Fsp3) is 0.471. The van der Waals surface area contributed by atoms with Crippen LogP contribution in [0.15, 0.2) is 30.3 Å². The molecule has 1 aliphatic rings. The van der Waals surface area contributed by atoms with Gasteiger partial charge in [-0.3, -0.25) is 4.18 Å². The minimum atomic E-state index is -3.33. The quantitative estimate of drug-likeness (QED) is 0.756.